The molecule has 1 amide bonds. The summed E-state index contributed by atoms with van der Waals surface area (Å²) in [7, 11) is 1.61. The van der Waals surface area contributed by atoms with E-state index < -0.39 is 0 Å². The minimum atomic E-state index is -0.356. The molecule has 25 heavy (non-hydrogen) atoms. The molecule has 3 rings (SSSR count). The Morgan fingerprint density at radius 1 is 1.32 bits per heavy atom. The molecule has 0 aliphatic carbocycles. The van der Waals surface area contributed by atoms with Gasteiger partial charge in [-0.1, -0.05) is 12.1 Å². The number of furan rings is 1. The molecule has 0 spiro atoms. The zero-order valence-electron chi connectivity index (χ0n) is 13.9. The van der Waals surface area contributed by atoms with E-state index in [4.69, 9.17) is 4.42 Å². The van der Waals surface area contributed by atoms with E-state index in [0.29, 0.717) is 17.2 Å². The highest BCUT2D eigenvalue weighted by Gasteiger charge is 2.26. The largest absolute Gasteiger partial charge is 0.443 e. The van der Waals surface area contributed by atoms with E-state index in [1.807, 2.05) is 0 Å². The van der Waals surface area contributed by atoms with Crippen LogP contribution < -0.4 is 0 Å². The van der Waals surface area contributed by atoms with Crippen LogP contribution in [0, 0.1) is 24.1 Å². The predicted molar refractivity (Wildman–Crippen MR) is 89.7 cm³/mol. The molecule has 0 aliphatic heterocycles. The van der Waals surface area contributed by atoms with E-state index in [1.165, 1.54) is 17.0 Å². The first-order chi connectivity index (χ1) is 12.0. The number of amides is 1. The number of aromatic nitrogens is 1. The Morgan fingerprint density at radius 2 is 2.04 bits per heavy atom. The van der Waals surface area contributed by atoms with Crippen molar-refractivity contribution in [2.45, 2.75) is 13.5 Å². The first-order valence-corrected chi connectivity index (χ1v) is 7.68. The first-order valence-electron chi connectivity index (χ1n) is 7.68. The average Bonchev–Trinajstić information content (AvgIpc) is 3.21. The molecular weight excluding hydrogens is 321 g/mol. The van der Waals surface area contributed by atoms with Gasteiger partial charge in [-0.25, -0.2) is 4.39 Å². The van der Waals surface area contributed by atoms with Crippen LogP contribution in [0.3, 0.4) is 0 Å². The van der Waals surface area contributed by atoms with Crippen LogP contribution in [0.15, 0.2) is 53.2 Å². The van der Waals surface area contributed by atoms with Crippen LogP contribution in [0.4, 0.5) is 4.39 Å². The number of hydrogen-bond acceptors (Lipinski definition) is 3. The van der Waals surface area contributed by atoms with E-state index in [9.17, 15) is 14.4 Å². The smallest absolute Gasteiger partial charge is 0.258 e. The third kappa shape index (κ3) is 3.17. The van der Waals surface area contributed by atoms with Gasteiger partial charge in [0.05, 0.1) is 0 Å². The van der Waals surface area contributed by atoms with Crippen LogP contribution in [0.25, 0.3) is 5.88 Å². The summed E-state index contributed by atoms with van der Waals surface area (Å²) in [5.41, 5.74) is 1.08. The Hall–Kier alpha value is -3.33. The lowest BCUT2D eigenvalue weighted by molar-refractivity contribution is 0.0783. The maximum absolute atomic E-state index is 13.3. The zero-order chi connectivity index (χ0) is 18.0. The molecule has 0 N–H and O–H groups in total. The van der Waals surface area contributed by atoms with Gasteiger partial charge in [-0.15, -0.1) is 0 Å². The lowest BCUT2D eigenvalue weighted by atomic mass is 10.1. The highest BCUT2D eigenvalue weighted by Crippen LogP contribution is 2.26. The van der Waals surface area contributed by atoms with Crippen LogP contribution in [0.1, 0.15) is 27.2 Å². The van der Waals surface area contributed by atoms with Crippen LogP contribution in [-0.2, 0) is 6.54 Å². The summed E-state index contributed by atoms with van der Waals surface area (Å²) in [5, 5.41) is 9.52. The van der Waals surface area contributed by atoms with Gasteiger partial charge < -0.3 is 9.32 Å². The number of hydrogen-bond donors (Lipinski definition) is 0. The Morgan fingerprint density at radius 3 is 2.68 bits per heavy atom. The van der Waals surface area contributed by atoms with Crippen molar-refractivity contribution in [1.29, 1.82) is 5.26 Å². The number of benzene rings is 1. The average molecular weight is 337 g/mol. The van der Waals surface area contributed by atoms with Crippen LogP contribution in [0.5, 0.6) is 0 Å². The van der Waals surface area contributed by atoms with Gasteiger partial charge in [0, 0.05) is 26.0 Å². The molecule has 1 aromatic carbocycles. The second-order valence-electron chi connectivity index (χ2n) is 5.71. The highest BCUT2D eigenvalue weighted by molar-refractivity contribution is 5.98. The summed E-state index contributed by atoms with van der Waals surface area (Å²) in [5.74, 6) is -0.0187. The summed E-state index contributed by atoms with van der Waals surface area (Å²) >= 11 is 0. The fourth-order valence-corrected chi connectivity index (χ4v) is 2.71. The van der Waals surface area contributed by atoms with Gasteiger partial charge in [0.2, 0.25) is 5.88 Å². The molecule has 0 unspecified atom stereocenters. The monoisotopic (exact) mass is 337 g/mol. The lowest BCUT2D eigenvalue weighted by Gasteiger charge is -2.17. The maximum atomic E-state index is 13.3. The number of carbonyl (C=O) groups excluding carboxylic acids is 1. The van der Waals surface area contributed by atoms with Crippen molar-refractivity contribution in [2.75, 3.05) is 7.05 Å². The molecule has 2 aromatic heterocycles. The fourth-order valence-electron chi connectivity index (χ4n) is 2.71. The van der Waals surface area contributed by atoms with Crippen molar-refractivity contribution >= 4 is 5.91 Å². The van der Waals surface area contributed by atoms with E-state index in [0.717, 1.165) is 0 Å². The normalized spacial score (nSPS) is 10.5. The van der Waals surface area contributed by atoms with E-state index in [2.05, 4.69) is 6.07 Å². The van der Waals surface area contributed by atoms with Crippen LogP contribution in [0.2, 0.25) is 0 Å². The van der Waals surface area contributed by atoms with Gasteiger partial charge >= 0.3 is 0 Å². The zero-order valence-corrected chi connectivity index (χ0v) is 13.9. The van der Waals surface area contributed by atoms with Crippen molar-refractivity contribution in [2.24, 2.45) is 0 Å². The molecule has 0 saturated carbocycles. The minimum Gasteiger partial charge on any atom is -0.443 e. The second-order valence-corrected chi connectivity index (χ2v) is 5.71. The molecule has 0 aliphatic rings. The Labute approximate surface area is 144 Å². The molecule has 126 valence electrons. The molecule has 0 bridgehead atoms. The molecule has 3 aromatic rings. The number of aryl methyl sites for hydroxylation is 1. The Balaban J connectivity index is 1.93. The number of rotatable bonds is 4. The molecule has 6 heteroatoms. The van der Waals surface area contributed by atoms with Gasteiger partial charge in [0.1, 0.15) is 28.8 Å². The molecule has 2 heterocycles. The van der Waals surface area contributed by atoms with Crippen molar-refractivity contribution in [3.8, 4) is 12.0 Å². The Kier molecular flexibility index (Phi) is 4.40. The number of halogens is 1. The molecule has 0 radical (unpaired) electrons. The number of nitrogens with zero attached hydrogens (tertiary/aromatic N) is 3. The minimum absolute atomic E-state index is 0.185. The molecule has 0 saturated heterocycles. The van der Waals surface area contributed by atoms with Gasteiger partial charge in [-0.2, -0.15) is 5.26 Å². The molecular formula is C19H16FN3O2. The Bertz CT molecular complexity index is 952. The van der Waals surface area contributed by atoms with E-state index >= 15 is 0 Å². The van der Waals surface area contributed by atoms with Crippen molar-refractivity contribution in [1.82, 2.24) is 9.47 Å². The van der Waals surface area contributed by atoms with Crippen molar-refractivity contribution in [3.63, 3.8) is 0 Å². The van der Waals surface area contributed by atoms with Gasteiger partial charge in [-0.3, -0.25) is 9.36 Å². The summed E-state index contributed by atoms with van der Waals surface area (Å²) in [4.78, 5) is 14.3. The van der Waals surface area contributed by atoms with Gasteiger partial charge in [0.25, 0.3) is 5.91 Å². The molecule has 5 nitrogen and oxygen atoms in total. The lowest BCUT2D eigenvalue weighted by Crippen LogP contribution is -2.27. The first kappa shape index (κ1) is 16.5. The SMILES string of the molecule is Cc1oc(-n2cccc2)c(C#N)c1C(=O)N(C)Cc1cccc(F)c1. The van der Waals surface area contributed by atoms with Gasteiger partial charge in [0.15, 0.2) is 0 Å². The fraction of sp³-hybridized carbons (Fsp3) is 0.158. The third-order valence-corrected chi connectivity index (χ3v) is 3.89. The highest BCUT2D eigenvalue weighted by atomic mass is 19.1. The van der Waals surface area contributed by atoms with Crippen LogP contribution >= 0.6 is 0 Å². The number of carbonyl (C=O) groups is 1. The number of nitriles is 1. The summed E-state index contributed by atoms with van der Waals surface area (Å²) in [6.45, 7) is 1.88. The second kappa shape index (κ2) is 6.65. The van der Waals surface area contributed by atoms with Gasteiger partial charge in [-0.05, 0) is 36.8 Å². The van der Waals surface area contributed by atoms with Crippen molar-refractivity contribution in [3.05, 3.63) is 77.1 Å². The maximum Gasteiger partial charge on any atom is 0.258 e. The summed E-state index contributed by atoms with van der Waals surface area (Å²) < 4.78 is 20.6. The summed E-state index contributed by atoms with van der Waals surface area (Å²) in [6, 6.07) is 11.7. The third-order valence-electron chi connectivity index (χ3n) is 3.89. The summed E-state index contributed by atoms with van der Waals surface area (Å²) in [6.07, 6.45) is 3.48. The molecule has 0 fully saturated rings. The van der Waals surface area contributed by atoms with Crippen molar-refractivity contribution < 1.29 is 13.6 Å². The standard InChI is InChI=1S/C19H16FN3O2/c1-13-17(16(11-21)19(25-13)23-8-3-4-9-23)18(24)22(2)12-14-6-5-7-15(20)10-14/h3-10H,12H2,1-2H3. The predicted octanol–water partition coefficient (Wildman–Crippen LogP) is 3.66. The van der Waals surface area contributed by atoms with E-state index in [-0.39, 0.29) is 29.4 Å². The molecule has 0 atom stereocenters. The topological polar surface area (TPSA) is 62.2 Å². The quantitative estimate of drug-likeness (QED) is 0.730. The van der Waals surface area contributed by atoms with E-state index in [1.54, 1.807) is 55.2 Å². The van der Waals surface area contributed by atoms with Crippen LogP contribution in [-0.4, -0.2) is 22.4 Å².